The Balaban J connectivity index is 2.29. The van der Waals surface area contributed by atoms with Gasteiger partial charge in [-0.1, -0.05) is 38.5 Å². The van der Waals surface area contributed by atoms with Crippen LogP contribution in [0.5, 0.6) is 0 Å². The van der Waals surface area contributed by atoms with E-state index in [2.05, 4.69) is 0 Å². The van der Waals surface area contributed by atoms with Gasteiger partial charge in [-0.05, 0) is 44.4 Å². The first-order chi connectivity index (χ1) is 10.6. The van der Waals surface area contributed by atoms with Gasteiger partial charge in [-0.25, -0.2) is 0 Å². The molecule has 4 heteroatoms. The van der Waals surface area contributed by atoms with E-state index in [0.29, 0.717) is 6.61 Å². The van der Waals surface area contributed by atoms with Crippen LogP contribution in [-0.4, -0.2) is 23.7 Å². The Morgan fingerprint density at radius 3 is 1.77 bits per heavy atom. The van der Waals surface area contributed by atoms with Gasteiger partial charge in [0.2, 0.25) is 0 Å². The Morgan fingerprint density at radius 1 is 0.955 bits per heavy atom. The number of carboxylic acid groups (broad SMARTS) is 1. The van der Waals surface area contributed by atoms with Crippen molar-refractivity contribution in [3.8, 4) is 0 Å². The summed E-state index contributed by atoms with van der Waals surface area (Å²) in [4.78, 5) is 24.5. The van der Waals surface area contributed by atoms with Crippen LogP contribution in [0, 0.1) is 17.3 Å². The van der Waals surface area contributed by atoms with Gasteiger partial charge in [-0.2, -0.15) is 0 Å². The van der Waals surface area contributed by atoms with Crippen molar-refractivity contribution < 1.29 is 19.4 Å². The molecule has 0 aromatic carbocycles. The van der Waals surface area contributed by atoms with Crippen LogP contribution >= 0.6 is 0 Å². The lowest BCUT2D eigenvalue weighted by atomic mass is 9.57. The Kier molecular flexibility index (Phi) is 6.27. The molecule has 2 aliphatic carbocycles. The molecular weight excluding hydrogens is 280 g/mol. The Bertz CT molecular complexity index is 361. The molecule has 2 fully saturated rings. The number of carbonyl (C=O) groups excluding carboxylic acids is 1. The molecule has 0 bridgehead atoms. The van der Waals surface area contributed by atoms with E-state index in [1.165, 1.54) is 12.8 Å². The smallest absolute Gasteiger partial charge is 0.310 e. The monoisotopic (exact) mass is 310 g/mol. The third-order valence-electron chi connectivity index (χ3n) is 5.81. The maximum Gasteiger partial charge on any atom is 0.310 e. The third-order valence-corrected chi connectivity index (χ3v) is 5.81. The highest BCUT2D eigenvalue weighted by molar-refractivity contribution is 5.83. The number of hydrogen-bond donors (Lipinski definition) is 1. The highest BCUT2D eigenvalue weighted by Crippen LogP contribution is 2.51. The van der Waals surface area contributed by atoms with Crippen molar-refractivity contribution in [1.82, 2.24) is 0 Å². The van der Waals surface area contributed by atoms with Gasteiger partial charge in [0.05, 0.1) is 18.4 Å². The van der Waals surface area contributed by atoms with Crippen molar-refractivity contribution in [2.45, 2.75) is 77.6 Å². The Labute approximate surface area is 133 Å². The van der Waals surface area contributed by atoms with E-state index in [1.807, 2.05) is 0 Å². The predicted molar refractivity (Wildman–Crippen MR) is 84.5 cm³/mol. The molecule has 2 saturated carbocycles. The summed E-state index contributed by atoms with van der Waals surface area (Å²) in [5, 5.41) is 10.1. The second-order valence-electron chi connectivity index (χ2n) is 7.00. The van der Waals surface area contributed by atoms with Crippen LogP contribution in [0.15, 0.2) is 0 Å². The molecule has 4 nitrogen and oxygen atoms in total. The molecule has 0 unspecified atom stereocenters. The van der Waals surface area contributed by atoms with Gasteiger partial charge in [0.15, 0.2) is 0 Å². The van der Waals surface area contributed by atoms with Crippen LogP contribution in [0.2, 0.25) is 0 Å². The summed E-state index contributed by atoms with van der Waals surface area (Å²) < 4.78 is 5.13. The largest absolute Gasteiger partial charge is 0.481 e. The van der Waals surface area contributed by atoms with Crippen LogP contribution in [0.4, 0.5) is 0 Å². The first-order valence-electron chi connectivity index (χ1n) is 9.00. The molecule has 0 heterocycles. The standard InChI is InChI=1S/C18H30O4/c1-2-22-16(19)13-18(17(20)21,14-9-5-3-6-10-14)15-11-7-4-8-12-15/h14-15H,2-13H2,1H3,(H,20,21). The molecule has 0 atom stereocenters. The topological polar surface area (TPSA) is 63.6 Å². The summed E-state index contributed by atoms with van der Waals surface area (Å²) in [7, 11) is 0. The van der Waals surface area contributed by atoms with E-state index in [1.54, 1.807) is 6.92 Å². The van der Waals surface area contributed by atoms with Crippen LogP contribution in [-0.2, 0) is 14.3 Å². The van der Waals surface area contributed by atoms with E-state index in [0.717, 1.165) is 51.4 Å². The fourth-order valence-electron chi connectivity index (χ4n) is 4.73. The van der Waals surface area contributed by atoms with Gasteiger partial charge in [-0.3, -0.25) is 9.59 Å². The van der Waals surface area contributed by atoms with Crippen LogP contribution in [0.3, 0.4) is 0 Å². The zero-order valence-electron chi connectivity index (χ0n) is 13.8. The average Bonchev–Trinajstić information content (AvgIpc) is 2.54. The number of hydrogen-bond acceptors (Lipinski definition) is 3. The van der Waals surface area contributed by atoms with Gasteiger partial charge in [0, 0.05) is 0 Å². The van der Waals surface area contributed by atoms with Crippen molar-refractivity contribution in [1.29, 1.82) is 0 Å². The van der Waals surface area contributed by atoms with E-state index in [4.69, 9.17) is 4.74 Å². The molecule has 1 N–H and O–H groups in total. The molecule has 22 heavy (non-hydrogen) atoms. The fourth-order valence-corrected chi connectivity index (χ4v) is 4.73. The molecule has 2 aliphatic rings. The van der Waals surface area contributed by atoms with Crippen molar-refractivity contribution in [3.05, 3.63) is 0 Å². The lowest BCUT2D eigenvalue weighted by Gasteiger charge is -2.45. The van der Waals surface area contributed by atoms with Crippen LogP contribution in [0.1, 0.15) is 77.6 Å². The van der Waals surface area contributed by atoms with Crippen molar-refractivity contribution in [2.24, 2.45) is 17.3 Å². The molecular formula is C18H30O4. The van der Waals surface area contributed by atoms with Gasteiger partial charge < -0.3 is 9.84 Å². The van der Waals surface area contributed by atoms with Crippen LogP contribution < -0.4 is 0 Å². The molecule has 0 radical (unpaired) electrons. The van der Waals surface area contributed by atoms with E-state index in [-0.39, 0.29) is 24.2 Å². The normalized spacial score (nSPS) is 21.5. The number of rotatable bonds is 6. The van der Waals surface area contributed by atoms with Gasteiger partial charge >= 0.3 is 11.9 Å². The molecule has 0 aliphatic heterocycles. The quantitative estimate of drug-likeness (QED) is 0.748. The molecule has 0 saturated heterocycles. The van der Waals surface area contributed by atoms with Gasteiger partial charge in [0.1, 0.15) is 0 Å². The highest BCUT2D eigenvalue weighted by atomic mass is 16.5. The zero-order valence-corrected chi connectivity index (χ0v) is 13.8. The zero-order chi connectivity index (χ0) is 16.0. The summed E-state index contributed by atoms with van der Waals surface area (Å²) in [6, 6.07) is 0. The minimum absolute atomic E-state index is 0.0610. The van der Waals surface area contributed by atoms with E-state index >= 15 is 0 Å². The van der Waals surface area contributed by atoms with E-state index in [9.17, 15) is 14.7 Å². The molecule has 0 aromatic heterocycles. The lowest BCUT2D eigenvalue weighted by Crippen LogP contribution is -2.48. The van der Waals surface area contributed by atoms with E-state index < -0.39 is 11.4 Å². The highest BCUT2D eigenvalue weighted by Gasteiger charge is 2.53. The molecule has 2 rings (SSSR count). The summed E-state index contributed by atoms with van der Waals surface area (Å²) in [5.41, 5.74) is -0.896. The summed E-state index contributed by atoms with van der Waals surface area (Å²) in [6.45, 7) is 2.10. The van der Waals surface area contributed by atoms with Crippen molar-refractivity contribution in [3.63, 3.8) is 0 Å². The summed E-state index contributed by atoms with van der Waals surface area (Å²) >= 11 is 0. The van der Waals surface area contributed by atoms with Crippen molar-refractivity contribution in [2.75, 3.05) is 6.61 Å². The number of aliphatic carboxylic acids is 1. The van der Waals surface area contributed by atoms with Gasteiger partial charge in [0.25, 0.3) is 0 Å². The predicted octanol–water partition coefficient (Wildman–Crippen LogP) is 4.17. The number of esters is 1. The Hall–Kier alpha value is -1.06. The lowest BCUT2D eigenvalue weighted by molar-refractivity contribution is -0.169. The maximum absolute atomic E-state index is 12.4. The SMILES string of the molecule is CCOC(=O)CC(C(=O)O)(C1CCCCC1)C1CCCCC1. The first kappa shape index (κ1) is 17.3. The second kappa shape index (κ2) is 7.98. The fraction of sp³-hybridized carbons (Fsp3) is 0.889. The summed E-state index contributed by atoms with van der Waals surface area (Å²) in [5.74, 6) is -0.835. The molecule has 0 amide bonds. The molecule has 0 spiro atoms. The third kappa shape index (κ3) is 3.64. The second-order valence-corrected chi connectivity index (χ2v) is 7.00. The van der Waals surface area contributed by atoms with Gasteiger partial charge in [-0.15, -0.1) is 0 Å². The molecule has 0 aromatic rings. The number of ether oxygens (including phenoxy) is 1. The van der Waals surface area contributed by atoms with Crippen LogP contribution in [0.25, 0.3) is 0 Å². The van der Waals surface area contributed by atoms with Crippen molar-refractivity contribution >= 4 is 11.9 Å². The first-order valence-corrected chi connectivity index (χ1v) is 9.00. The number of carboxylic acids is 1. The Morgan fingerprint density at radius 2 is 1.41 bits per heavy atom. The number of carbonyl (C=O) groups is 2. The minimum atomic E-state index is -0.896. The summed E-state index contributed by atoms with van der Waals surface area (Å²) in [6.07, 6.45) is 10.6. The average molecular weight is 310 g/mol. The minimum Gasteiger partial charge on any atom is -0.481 e. The maximum atomic E-state index is 12.4. The molecule has 126 valence electrons.